The van der Waals surface area contributed by atoms with E-state index in [0.29, 0.717) is 51.2 Å². The zero-order valence-electron chi connectivity index (χ0n) is 27.3. The summed E-state index contributed by atoms with van der Waals surface area (Å²) in [4.78, 5) is 26.5. The molecule has 1 aromatic rings. The van der Waals surface area contributed by atoms with Crippen molar-refractivity contribution in [2.75, 3.05) is 30.4 Å². The van der Waals surface area contributed by atoms with E-state index < -0.39 is 11.1 Å². The van der Waals surface area contributed by atoms with Gasteiger partial charge in [-0.2, -0.15) is 0 Å². The first kappa shape index (κ1) is 39.1. The van der Waals surface area contributed by atoms with Gasteiger partial charge in [-0.1, -0.05) is 109 Å². The first-order valence-corrected chi connectivity index (χ1v) is 18.5. The Labute approximate surface area is 265 Å². The largest absolute Gasteiger partial charge is 0.491 e. The molecule has 1 amide bonds. The Morgan fingerprint density at radius 1 is 0.721 bits per heavy atom. The fourth-order valence-electron chi connectivity index (χ4n) is 5.22. The van der Waals surface area contributed by atoms with E-state index in [-0.39, 0.29) is 17.6 Å². The van der Waals surface area contributed by atoms with Crippen molar-refractivity contribution >= 4 is 28.6 Å². The van der Waals surface area contributed by atoms with Crippen LogP contribution < -0.4 is 9.64 Å². The van der Waals surface area contributed by atoms with Crippen molar-refractivity contribution in [1.29, 1.82) is 0 Å². The molecule has 0 bridgehead atoms. The summed E-state index contributed by atoms with van der Waals surface area (Å²) in [5.41, 5.74) is 0.831. The smallest absolute Gasteiger partial charge is 0.305 e. The summed E-state index contributed by atoms with van der Waals surface area (Å²) in [5, 5.41) is 0. The van der Waals surface area contributed by atoms with E-state index in [4.69, 9.17) is 14.0 Å². The SMILES string of the molecule is CCCCN(C(=O)CCCCCCCCCCCCCCCCCC(=O)OCC)c1ccccc1OCCCCS(=O)O. The molecule has 1 atom stereocenters. The molecule has 0 aliphatic carbocycles. The molecule has 0 spiro atoms. The van der Waals surface area contributed by atoms with Gasteiger partial charge in [0.15, 0.2) is 11.1 Å². The van der Waals surface area contributed by atoms with Crippen LogP contribution >= 0.6 is 0 Å². The maximum atomic E-state index is 13.2. The number of para-hydroxylation sites is 2. The standard InChI is InChI=1S/C35H61NO6S/c1-3-5-29-36(32-25-21-22-26-33(32)42-30-23-24-31-43(39)40)34(37)27-19-17-15-13-11-9-7-6-8-10-12-14-16-18-20-28-35(38)41-4-2/h21-22,25-26H,3-20,23-24,27-31H2,1-2H3,(H,39,40). The second kappa shape index (κ2) is 27.6. The van der Waals surface area contributed by atoms with Gasteiger partial charge in [0.1, 0.15) is 5.75 Å². The van der Waals surface area contributed by atoms with Gasteiger partial charge in [-0.15, -0.1) is 0 Å². The van der Waals surface area contributed by atoms with Crippen molar-refractivity contribution in [2.24, 2.45) is 0 Å². The molecular formula is C35H61NO6S. The lowest BCUT2D eigenvalue weighted by Gasteiger charge is -2.25. The predicted octanol–water partition coefficient (Wildman–Crippen LogP) is 9.40. The first-order valence-electron chi connectivity index (χ1n) is 17.2. The van der Waals surface area contributed by atoms with Crippen molar-refractivity contribution < 1.29 is 27.8 Å². The summed E-state index contributed by atoms with van der Waals surface area (Å²) in [6.45, 7) is 5.63. The van der Waals surface area contributed by atoms with Gasteiger partial charge in [0, 0.05) is 25.1 Å². The highest BCUT2D eigenvalue weighted by Gasteiger charge is 2.18. The molecule has 0 fully saturated rings. The van der Waals surface area contributed by atoms with Crippen LogP contribution in [0.1, 0.15) is 149 Å². The van der Waals surface area contributed by atoms with Gasteiger partial charge in [-0.3, -0.25) is 9.59 Å². The summed E-state index contributed by atoms with van der Waals surface area (Å²) in [5.74, 6) is 1.07. The number of amides is 1. The molecule has 248 valence electrons. The third-order valence-electron chi connectivity index (χ3n) is 7.74. The Kier molecular flexibility index (Phi) is 25.1. The zero-order valence-corrected chi connectivity index (χ0v) is 28.1. The van der Waals surface area contributed by atoms with E-state index in [9.17, 15) is 13.8 Å². The second-order valence-corrected chi connectivity index (χ2v) is 12.6. The molecular weight excluding hydrogens is 562 g/mol. The fraction of sp³-hybridized carbons (Fsp3) is 0.771. The number of esters is 1. The first-order chi connectivity index (χ1) is 21.0. The third kappa shape index (κ3) is 21.4. The lowest BCUT2D eigenvalue weighted by Crippen LogP contribution is -2.32. The van der Waals surface area contributed by atoms with Crippen molar-refractivity contribution in [1.82, 2.24) is 0 Å². The number of nitrogens with zero attached hydrogens (tertiary/aromatic N) is 1. The number of rotatable bonds is 29. The summed E-state index contributed by atoms with van der Waals surface area (Å²) < 4.78 is 30.7. The molecule has 0 aliphatic rings. The van der Waals surface area contributed by atoms with Crippen molar-refractivity contribution in [3.8, 4) is 5.75 Å². The number of hydrogen-bond acceptors (Lipinski definition) is 5. The van der Waals surface area contributed by atoms with Crippen LogP contribution in [-0.4, -0.2) is 46.1 Å². The minimum atomic E-state index is -1.76. The highest BCUT2D eigenvalue weighted by molar-refractivity contribution is 7.79. The van der Waals surface area contributed by atoms with Crippen molar-refractivity contribution in [2.45, 2.75) is 149 Å². The van der Waals surface area contributed by atoms with Crippen LogP contribution in [0.3, 0.4) is 0 Å². The number of anilines is 1. The molecule has 1 unspecified atom stereocenters. The number of benzene rings is 1. The van der Waals surface area contributed by atoms with Crippen LogP contribution in [0.4, 0.5) is 5.69 Å². The van der Waals surface area contributed by atoms with Crippen LogP contribution in [-0.2, 0) is 25.4 Å². The second-order valence-electron chi connectivity index (χ2n) is 11.6. The molecule has 1 rings (SSSR count). The Hall–Kier alpha value is -1.93. The van der Waals surface area contributed by atoms with Gasteiger partial charge >= 0.3 is 5.97 Å². The van der Waals surface area contributed by atoms with Gasteiger partial charge in [0.25, 0.3) is 0 Å². The number of carbonyl (C=O) groups is 2. The summed E-state index contributed by atoms with van der Waals surface area (Å²) in [6.07, 6.45) is 22.7. The highest BCUT2D eigenvalue weighted by atomic mass is 32.2. The van der Waals surface area contributed by atoms with E-state index in [1.807, 2.05) is 36.1 Å². The van der Waals surface area contributed by atoms with Crippen LogP contribution in [0.25, 0.3) is 0 Å². The lowest BCUT2D eigenvalue weighted by molar-refractivity contribution is -0.143. The maximum absolute atomic E-state index is 13.2. The third-order valence-corrected chi connectivity index (χ3v) is 8.38. The van der Waals surface area contributed by atoms with Gasteiger partial charge in [-0.05, 0) is 51.2 Å². The van der Waals surface area contributed by atoms with Crippen LogP contribution in [0.2, 0.25) is 0 Å². The number of unbranched alkanes of at least 4 members (excludes halogenated alkanes) is 16. The number of carbonyl (C=O) groups excluding carboxylic acids is 2. The van der Waals surface area contributed by atoms with Crippen LogP contribution in [0.5, 0.6) is 5.75 Å². The van der Waals surface area contributed by atoms with Crippen molar-refractivity contribution in [3.63, 3.8) is 0 Å². The summed E-state index contributed by atoms with van der Waals surface area (Å²) in [6, 6.07) is 7.74. The summed E-state index contributed by atoms with van der Waals surface area (Å²) >= 11 is -1.76. The van der Waals surface area contributed by atoms with Crippen LogP contribution in [0.15, 0.2) is 24.3 Å². The molecule has 0 saturated carbocycles. The molecule has 1 aromatic carbocycles. The molecule has 0 aliphatic heterocycles. The minimum absolute atomic E-state index is 0.0584. The number of ether oxygens (including phenoxy) is 2. The molecule has 0 radical (unpaired) electrons. The molecule has 0 heterocycles. The fourth-order valence-corrected chi connectivity index (χ4v) is 5.67. The van der Waals surface area contributed by atoms with E-state index in [0.717, 1.165) is 44.2 Å². The molecule has 0 saturated heterocycles. The van der Waals surface area contributed by atoms with E-state index >= 15 is 0 Å². The van der Waals surface area contributed by atoms with Crippen LogP contribution in [0, 0.1) is 0 Å². The molecule has 8 heteroatoms. The van der Waals surface area contributed by atoms with Gasteiger partial charge < -0.3 is 18.9 Å². The Bertz CT molecular complexity index is 864. The minimum Gasteiger partial charge on any atom is -0.491 e. The molecule has 0 aromatic heterocycles. The average Bonchev–Trinajstić information content (AvgIpc) is 2.99. The Morgan fingerprint density at radius 2 is 1.26 bits per heavy atom. The van der Waals surface area contributed by atoms with Gasteiger partial charge in [0.05, 0.1) is 18.9 Å². The predicted molar refractivity (Wildman–Crippen MR) is 179 cm³/mol. The Balaban J connectivity index is 2.15. The highest BCUT2D eigenvalue weighted by Crippen LogP contribution is 2.29. The monoisotopic (exact) mass is 623 g/mol. The maximum Gasteiger partial charge on any atom is 0.305 e. The number of hydrogen-bond donors (Lipinski definition) is 1. The van der Waals surface area contributed by atoms with E-state index in [1.165, 1.54) is 70.6 Å². The molecule has 1 N–H and O–H groups in total. The topological polar surface area (TPSA) is 93.1 Å². The van der Waals surface area contributed by atoms with Crippen molar-refractivity contribution in [3.05, 3.63) is 24.3 Å². The van der Waals surface area contributed by atoms with Gasteiger partial charge in [0.2, 0.25) is 5.91 Å². The zero-order chi connectivity index (χ0) is 31.4. The Morgan fingerprint density at radius 3 is 1.79 bits per heavy atom. The van der Waals surface area contributed by atoms with E-state index in [2.05, 4.69) is 6.92 Å². The molecule has 7 nitrogen and oxygen atoms in total. The normalized spacial score (nSPS) is 11.8. The lowest BCUT2D eigenvalue weighted by atomic mass is 10.0. The van der Waals surface area contributed by atoms with Gasteiger partial charge in [-0.25, -0.2) is 4.21 Å². The summed E-state index contributed by atoms with van der Waals surface area (Å²) in [7, 11) is 0. The quantitative estimate of drug-likeness (QED) is 0.0543. The van der Waals surface area contributed by atoms with E-state index in [1.54, 1.807) is 0 Å². The molecule has 43 heavy (non-hydrogen) atoms. The average molecular weight is 624 g/mol.